The zero-order valence-electron chi connectivity index (χ0n) is 13.1. The highest BCUT2D eigenvalue weighted by atomic mass is 16.5. The number of carbonyl (C=O) groups is 2. The Morgan fingerprint density at radius 3 is 2.61 bits per heavy atom. The monoisotopic (exact) mass is 317 g/mol. The SMILES string of the molecule is COCc1c(C(=O)N(C)CCC(=O)O)cnn1-c1ccccc1. The van der Waals surface area contributed by atoms with Gasteiger partial charge >= 0.3 is 5.97 Å². The van der Waals surface area contributed by atoms with Gasteiger partial charge in [0.05, 0.1) is 36.2 Å². The summed E-state index contributed by atoms with van der Waals surface area (Å²) in [4.78, 5) is 24.5. The summed E-state index contributed by atoms with van der Waals surface area (Å²) in [5, 5.41) is 13.0. The highest BCUT2D eigenvalue weighted by molar-refractivity contribution is 5.95. The van der Waals surface area contributed by atoms with Crippen molar-refractivity contribution in [2.45, 2.75) is 13.0 Å². The van der Waals surface area contributed by atoms with Gasteiger partial charge in [0.25, 0.3) is 5.91 Å². The minimum absolute atomic E-state index is 0.103. The van der Waals surface area contributed by atoms with Crippen molar-refractivity contribution in [3.8, 4) is 5.69 Å². The second-order valence-corrected chi connectivity index (χ2v) is 5.06. The number of rotatable bonds is 7. The first-order valence-electron chi connectivity index (χ1n) is 7.13. The Balaban J connectivity index is 2.30. The summed E-state index contributed by atoms with van der Waals surface area (Å²) in [5.41, 5.74) is 1.86. The minimum atomic E-state index is -0.943. The van der Waals surface area contributed by atoms with Crippen LogP contribution < -0.4 is 0 Å². The highest BCUT2D eigenvalue weighted by Gasteiger charge is 2.21. The van der Waals surface area contributed by atoms with Crippen LogP contribution in [0.3, 0.4) is 0 Å². The lowest BCUT2D eigenvalue weighted by molar-refractivity contribution is -0.137. The zero-order chi connectivity index (χ0) is 16.8. The standard InChI is InChI=1S/C16H19N3O4/c1-18(9-8-15(20)21)16(22)13-10-17-19(14(13)11-23-2)12-6-4-3-5-7-12/h3-7,10H,8-9,11H2,1-2H3,(H,20,21). The fraction of sp³-hybridized carbons (Fsp3) is 0.312. The van der Waals surface area contributed by atoms with Crippen LogP contribution in [-0.2, 0) is 16.1 Å². The maximum atomic E-state index is 12.5. The van der Waals surface area contributed by atoms with E-state index in [1.165, 1.54) is 11.1 Å². The largest absolute Gasteiger partial charge is 0.481 e. The molecular weight excluding hydrogens is 298 g/mol. The first kappa shape index (κ1) is 16.7. The highest BCUT2D eigenvalue weighted by Crippen LogP contribution is 2.17. The Labute approximate surface area is 134 Å². The molecule has 1 aromatic heterocycles. The second kappa shape index (κ2) is 7.55. The van der Waals surface area contributed by atoms with E-state index in [2.05, 4.69) is 5.10 Å². The van der Waals surface area contributed by atoms with Crippen molar-refractivity contribution in [3.63, 3.8) is 0 Å². The smallest absolute Gasteiger partial charge is 0.305 e. The quantitative estimate of drug-likeness (QED) is 0.838. The van der Waals surface area contributed by atoms with Gasteiger partial charge in [0.15, 0.2) is 0 Å². The second-order valence-electron chi connectivity index (χ2n) is 5.06. The number of carbonyl (C=O) groups excluding carboxylic acids is 1. The lowest BCUT2D eigenvalue weighted by atomic mass is 10.2. The number of nitrogens with zero attached hydrogens (tertiary/aromatic N) is 3. The summed E-state index contributed by atoms with van der Waals surface area (Å²) in [6.45, 7) is 0.361. The summed E-state index contributed by atoms with van der Waals surface area (Å²) in [6, 6.07) is 9.43. The Bertz CT molecular complexity index is 682. The van der Waals surface area contributed by atoms with Crippen molar-refractivity contribution in [1.82, 2.24) is 14.7 Å². The Hall–Kier alpha value is -2.67. The lowest BCUT2D eigenvalue weighted by Crippen LogP contribution is -2.29. The number of aliphatic carboxylic acids is 1. The molecule has 1 aromatic carbocycles. The van der Waals surface area contributed by atoms with Crippen LogP contribution in [-0.4, -0.2) is 52.4 Å². The number of ether oxygens (including phenoxy) is 1. The van der Waals surface area contributed by atoms with E-state index in [9.17, 15) is 9.59 Å². The van der Waals surface area contributed by atoms with Gasteiger partial charge in [0.2, 0.25) is 0 Å². The third kappa shape index (κ3) is 3.95. The maximum absolute atomic E-state index is 12.5. The third-order valence-corrected chi connectivity index (χ3v) is 3.39. The maximum Gasteiger partial charge on any atom is 0.305 e. The van der Waals surface area contributed by atoms with Gasteiger partial charge in [-0.15, -0.1) is 0 Å². The molecule has 1 N–H and O–H groups in total. The number of para-hydroxylation sites is 1. The van der Waals surface area contributed by atoms with Crippen LogP contribution in [0.1, 0.15) is 22.5 Å². The predicted octanol–water partition coefficient (Wildman–Crippen LogP) is 1.57. The molecule has 0 atom stereocenters. The van der Waals surface area contributed by atoms with Gasteiger partial charge in [-0.25, -0.2) is 4.68 Å². The van der Waals surface area contributed by atoms with Gasteiger partial charge in [-0.05, 0) is 12.1 Å². The average molecular weight is 317 g/mol. The van der Waals surface area contributed by atoms with E-state index in [-0.39, 0.29) is 25.5 Å². The molecule has 1 amide bonds. The number of carboxylic acid groups (broad SMARTS) is 1. The normalized spacial score (nSPS) is 10.5. The molecule has 2 rings (SSSR count). The molecule has 0 aliphatic rings. The van der Waals surface area contributed by atoms with Gasteiger partial charge in [-0.1, -0.05) is 18.2 Å². The van der Waals surface area contributed by atoms with Crippen molar-refractivity contribution >= 4 is 11.9 Å². The van der Waals surface area contributed by atoms with Crippen LogP contribution in [0, 0.1) is 0 Å². The van der Waals surface area contributed by atoms with E-state index >= 15 is 0 Å². The number of carboxylic acids is 1. The molecule has 7 heteroatoms. The Kier molecular flexibility index (Phi) is 5.48. The number of amides is 1. The van der Waals surface area contributed by atoms with E-state index < -0.39 is 5.97 Å². The van der Waals surface area contributed by atoms with Crippen LogP contribution in [0.25, 0.3) is 5.69 Å². The molecule has 0 radical (unpaired) electrons. The fourth-order valence-corrected chi connectivity index (χ4v) is 2.19. The molecule has 122 valence electrons. The zero-order valence-corrected chi connectivity index (χ0v) is 13.1. The first-order chi connectivity index (χ1) is 11.0. The molecule has 0 aliphatic carbocycles. The topological polar surface area (TPSA) is 84.7 Å². The first-order valence-corrected chi connectivity index (χ1v) is 7.13. The van der Waals surface area contributed by atoms with Gasteiger partial charge in [-0.2, -0.15) is 5.10 Å². The molecule has 0 unspecified atom stereocenters. The van der Waals surface area contributed by atoms with Crippen molar-refractivity contribution in [3.05, 3.63) is 47.8 Å². The summed E-state index contributed by atoms with van der Waals surface area (Å²) in [6.07, 6.45) is 1.38. The molecule has 0 aliphatic heterocycles. The van der Waals surface area contributed by atoms with E-state index in [0.717, 1.165) is 5.69 Å². The molecule has 0 saturated heterocycles. The van der Waals surface area contributed by atoms with Gasteiger partial charge in [-0.3, -0.25) is 9.59 Å². The minimum Gasteiger partial charge on any atom is -0.481 e. The summed E-state index contributed by atoms with van der Waals surface area (Å²) in [7, 11) is 3.12. The molecule has 1 heterocycles. The van der Waals surface area contributed by atoms with Gasteiger partial charge < -0.3 is 14.7 Å². The van der Waals surface area contributed by atoms with Crippen molar-refractivity contribution in [2.24, 2.45) is 0 Å². The summed E-state index contributed by atoms with van der Waals surface area (Å²) < 4.78 is 6.85. The van der Waals surface area contributed by atoms with E-state index in [1.54, 1.807) is 18.8 Å². The molecule has 0 fully saturated rings. The number of benzene rings is 1. The Morgan fingerprint density at radius 1 is 1.30 bits per heavy atom. The fourth-order valence-electron chi connectivity index (χ4n) is 2.19. The van der Waals surface area contributed by atoms with Crippen molar-refractivity contribution < 1.29 is 19.4 Å². The number of methoxy groups -OCH3 is 1. The van der Waals surface area contributed by atoms with E-state index in [1.807, 2.05) is 30.3 Å². The molecule has 23 heavy (non-hydrogen) atoms. The van der Waals surface area contributed by atoms with Crippen LogP contribution in [0.2, 0.25) is 0 Å². The van der Waals surface area contributed by atoms with Crippen molar-refractivity contribution in [2.75, 3.05) is 20.7 Å². The molecule has 2 aromatic rings. The van der Waals surface area contributed by atoms with Crippen LogP contribution >= 0.6 is 0 Å². The Morgan fingerprint density at radius 2 is 2.00 bits per heavy atom. The van der Waals surface area contributed by atoms with Gasteiger partial charge in [0.1, 0.15) is 0 Å². The van der Waals surface area contributed by atoms with Crippen LogP contribution in [0.4, 0.5) is 0 Å². The van der Waals surface area contributed by atoms with Crippen LogP contribution in [0.15, 0.2) is 36.5 Å². The number of hydrogen-bond acceptors (Lipinski definition) is 4. The molecular formula is C16H19N3O4. The van der Waals surface area contributed by atoms with E-state index in [4.69, 9.17) is 9.84 Å². The lowest BCUT2D eigenvalue weighted by Gasteiger charge is -2.16. The predicted molar refractivity (Wildman–Crippen MR) is 83.5 cm³/mol. The third-order valence-electron chi connectivity index (χ3n) is 3.39. The average Bonchev–Trinajstić information content (AvgIpc) is 2.96. The molecule has 0 spiro atoms. The number of aromatic nitrogens is 2. The molecule has 7 nitrogen and oxygen atoms in total. The van der Waals surface area contributed by atoms with E-state index in [0.29, 0.717) is 11.3 Å². The molecule has 0 saturated carbocycles. The number of hydrogen-bond donors (Lipinski definition) is 1. The van der Waals surface area contributed by atoms with Crippen molar-refractivity contribution in [1.29, 1.82) is 0 Å². The molecule has 0 bridgehead atoms. The van der Waals surface area contributed by atoms with Crippen LogP contribution in [0.5, 0.6) is 0 Å². The summed E-state index contributed by atoms with van der Waals surface area (Å²) >= 11 is 0. The van der Waals surface area contributed by atoms with Gasteiger partial charge in [0, 0.05) is 20.7 Å². The summed E-state index contributed by atoms with van der Waals surface area (Å²) in [5.74, 6) is -1.22.